The normalized spacial score (nSPS) is 23.7. The zero-order valence-corrected chi connectivity index (χ0v) is 15.6. The quantitative estimate of drug-likeness (QED) is 0.797. The lowest BCUT2D eigenvalue weighted by Crippen LogP contribution is -2.55. The zero-order chi connectivity index (χ0) is 18.0. The molecule has 1 saturated heterocycles. The first kappa shape index (κ1) is 18.4. The van der Waals surface area contributed by atoms with Gasteiger partial charge in [-0.3, -0.25) is 14.5 Å². The first-order valence-electron chi connectivity index (χ1n) is 7.97. The lowest BCUT2D eigenvalue weighted by Gasteiger charge is -2.36. The summed E-state index contributed by atoms with van der Waals surface area (Å²) < 4.78 is 0. The van der Waals surface area contributed by atoms with Gasteiger partial charge in [0.15, 0.2) is 0 Å². The fraction of sp³-hybridized carbons (Fsp3) is 0.438. The van der Waals surface area contributed by atoms with Crippen molar-refractivity contribution in [3.8, 4) is 0 Å². The van der Waals surface area contributed by atoms with Crippen LogP contribution in [0.4, 0.5) is 15.3 Å². The number of carbonyl (C=O) groups excluding carboxylic acids is 3. The average molecular weight is 402 g/mol. The molecule has 3 rings (SSSR count). The largest absolute Gasteiger partial charge is 0.333 e. The van der Waals surface area contributed by atoms with Gasteiger partial charge in [0.05, 0.1) is 27.9 Å². The number of benzene rings is 1. The van der Waals surface area contributed by atoms with Gasteiger partial charge >= 0.3 is 6.03 Å². The Kier molecular flexibility index (Phi) is 5.76. The van der Waals surface area contributed by atoms with Crippen molar-refractivity contribution in [3.63, 3.8) is 0 Å². The number of hydrogen-bond donors (Lipinski definition) is 2. The van der Waals surface area contributed by atoms with E-state index >= 15 is 0 Å². The van der Waals surface area contributed by atoms with Crippen LogP contribution in [0.2, 0.25) is 10.0 Å². The molecule has 9 heteroatoms. The molecule has 2 atom stereocenters. The molecule has 1 aliphatic carbocycles. The zero-order valence-electron chi connectivity index (χ0n) is 13.3. The summed E-state index contributed by atoms with van der Waals surface area (Å²) in [6.45, 7) is 0. The number of thioether (sulfide) groups is 1. The SMILES string of the molecule is O=C(Nc1ccc(Cl)c(Cl)c1)NC1CCCCC1N1C(=O)CSC1=O. The molecule has 1 heterocycles. The molecular formula is C16H17Cl2N3O3S. The minimum Gasteiger partial charge on any atom is -0.333 e. The second-order valence-electron chi connectivity index (χ2n) is 6.00. The molecular weight excluding hydrogens is 385 g/mol. The number of urea groups is 1. The van der Waals surface area contributed by atoms with E-state index in [1.807, 2.05) is 0 Å². The summed E-state index contributed by atoms with van der Waals surface area (Å²) in [7, 11) is 0. The molecule has 1 aromatic rings. The van der Waals surface area contributed by atoms with Gasteiger partial charge in [-0.1, -0.05) is 47.8 Å². The highest BCUT2D eigenvalue weighted by Crippen LogP contribution is 2.30. The maximum absolute atomic E-state index is 12.3. The summed E-state index contributed by atoms with van der Waals surface area (Å²) >= 11 is 12.8. The maximum Gasteiger partial charge on any atom is 0.319 e. The number of nitrogens with one attached hydrogen (secondary N) is 2. The van der Waals surface area contributed by atoms with Crippen molar-refractivity contribution in [2.75, 3.05) is 11.1 Å². The van der Waals surface area contributed by atoms with Crippen LogP contribution in [-0.2, 0) is 4.79 Å². The van der Waals surface area contributed by atoms with Crippen LogP contribution in [0.3, 0.4) is 0 Å². The van der Waals surface area contributed by atoms with Crippen molar-refractivity contribution in [2.45, 2.75) is 37.8 Å². The van der Waals surface area contributed by atoms with E-state index in [0.717, 1.165) is 31.0 Å². The molecule has 0 aromatic heterocycles. The van der Waals surface area contributed by atoms with Crippen LogP contribution in [0.1, 0.15) is 25.7 Å². The molecule has 6 nitrogen and oxygen atoms in total. The first-order chi connectivity index (χ1) is 12.0. The van der Waals surface area contributed by atoms with Crippen LogP contribution >= 0.6 is 35.0 Å². The monoisotopic (exact) mass is 401 g/mol. The van der Waals surface area contributed by atoms with Crippen LogP contribution < -0.4 is 10.6 Å². The summed E-state index contributed by atoms with van der Waals surface area (Å²) in [4.78, 5) is 37.6. The van der Waals surface area contributed by atoms with Gasteiger partial charge in [0.2, 0.25) is 5.91 Å². The number of amides is 4. The molecule has 1 aliphatic heterocycles. The van der Waals surface area contributed by atoms with Crippen molar-refractivity contribution in [1.82, 2.24) is 10.2 Å². The van der Waals surface area contributed by atoms with Gasteiger partial charge in [-0.2, -0.15) is 0 Å². The maximum atomic E-state index is 12.3. The summed E-state index contributed by atoms with van der Waals surface area (Å²) in [6, 6.07) is 3.86. The van der Waals surface area contributed by atoms with Crippen molar-refractivity contribution >= 4 is 57.8 Å². The highest BCUT2D eigenvalue weighted by molar-refractivity contribution is 8.14. The molecule has 4 amide bonds. The fourth-order valence-corrected chi connectivity index (χ4v) is 4.24. The third-order valence-electron chi connectivity index (χ3n) is 4.34. The molecule has 2 fully saturated rings. The summed E-state index contributed by atoms with van der Waals surface area (Å²) in [5, 5.41) is 6.12. The van der Waals surface area contributed by atoms with E-state index in [0.29, 0.717) is 22.2 Å². The number of halogens is 2. The Labute approximate surface area is 159 Å². The number of hydrogen-bond acceptors (Lipinski definition) is 4. The molecule has 2 aliphatic rings. The van der Waals surface area contributed by atoms with E-state index in [1.54, 1.807) is 18.2 Å². The number of anilines is 1. The predicted octanol–water partition coefficient (Wildman–Crippen LogP) is 4.12. The molecule has 134 valence electrons. The van der Waals surface area contributed by atoms with Crippen LogP contribution in [-0.4, -0.2) is 39.9 Å². The Morgan fingerprint density at radius 3 is 2.60 bits per heavy atom. The fourth-order valence-electron chi connectivity index (χ4n) is 3.18. The topological polar surface area (TPSA) is 78.5 Å². The smallest absolute Gasteiger partial charge is 0.319 e. The molecule has 0 radical (unpaired) electrons. The number of imide groups is 1. The molecule has 0 bridgehead atoms. The highest BCUT2D eigenvalue weighted by Gasteiger charge is 2.41. The predicted molar refractivity (Wildman–Crippen MR) is 99.4 cm³/mol. The molecule has 2 unspecified atom stereocenters. The van der Waals surface area contributed by atoms with E-state index < -0.39 is 6.03 Å². The lowest BCUT2D eigenvalue weighted by atomic mass is 9.89. The molecule has 1 aromatic carbocycles. The van der Waals surface area contributed by atoms with Crippen molar-refractivity contribution < 1.29 is 14.4 Å². The van der Waals surface area contributed by atoms with Crippen LogP contribution in [0.25, 0.3) is 0 Å². The Hall–Kier alpha value is -1.44. The highest BCUT2D eigenvalue weighted by atomic mass is 35.5. The minimum atomic E-state index is -0.401. The summed E-state index contributed by atoms with van der Waals surface area (Å²) in [6.07, 6.45) is 3.30. The van der Waals surface area contributed by atoms with Gasteiger partial charge in [0, 0.05) is 5.69 Å². The second kappa shape index (κ2) is 7.85. The number of nitrogens with zero attached hydrogens (tertiary/aromatic N) is 1. The van der Waals surface area contributed by atoms with Crippen LogP contribution in [0, 0.1) is 0 Å². The number of carbonyl (C=O) groups is 3. The van der Waals surface area contributed by atoms with E-state index in [4.69, 9.17) is 23.2 Å². The van der Waals surface area contributed by atoms with E-state index in [1.165, 1.54) is 4.90 Å². The van der Waals surface area contributed by atoms with Gasteiger partial charge < -0.3 is 10.6 Å². The standard InChI is InChI=1S/C16H17Cl2N3O3S/c17-10-6-5-9(7-11(10)18)19-15(23)20-12-3-1-2-4-13(12)21-14(22)8-25-16(21)24/h5-7,12-13H,1-4,8H2,(H2,19,20,23). The van der Waals surface area contributed by atoms with Gasteiger partial charge in [-0.25, -0.2) is 4.79 Å². The van der Waals surface area contributed by atoms with Gasteiger partial charge in [-0.15, -0.1) is 0 Å². The Bertz CT molecular complexity index is 700. The van der Waals surface area contributed by atoms with Crippen LogP contribution in [0.5, 0.6) is 0 Å². The third-order valence-corrected chi connectivity index (χ3v) is 5.91. The van der Waals surface area contributed by atoms with Crippen molar-refractivity contribution in [2.24, 2.45) is 0 Å². The van der Waals surface area contributed by atoms with E-state index in [9.17, 15) is 14.4 Å². The van der Waals surface area contributed by atoms with E-state index in [2.05, 4.69) is 10.6 Å². The van der Waals surface area contributed by atoms with Crippen molar-refractivity contribution in [1.29, 1.82) is 0 Å². The summed E-state index contributed by atoms with van der Waals surface area (Å²) in [5.74, 6) is -0.00376. The molecule has 2 N–H and O–H groups in total. The Balaban J connectivity index is 1.66. The third kappa shape index (κ3) is 4.22. The first-order valence-corrected chi connectivity index (χ1v) is 9.71. The van der Waals surface area contributed by atoms with Crippen LogP contribution in [0.15, 0.2) is 18.2 Å². The average Bonchev–Trinajstić information content (AvgIpc) is 2.90. The molecule has 1 saturated carbocycles. The minimum absolute atomic E-state index is 0.178. The Morgan fingerprint density at radius 1 is 1.16 bits per heavy atom. The summed E-state index contributed by atoms with van der Waals surface area (Å²) in [5.41, 5.74) is 0.517. The molecule has 25 heavy (non-hydrogen) atoms. The van der Waals surface area contributed by atoms with Crippen molar-refractivity contribution in [3.05, 3.63) is 28.2 Å². The lowest BCUT2D eigenvalue weighted by molar-refractivity contribution is -0.127. The van der Waals surface area contributed by atoms with E-state index in [-0.39, 0.29) is 29.0 Å². The molecule has 0 spiro atoms. The Morgan fingerprint density at radius 2 is 1.92 bits per heavy atom. The van der Waals surface area contributed by atoms with Gasteiger partial charge in [0.25, 0.3) is 5.24 Å². The second-order valence-corrected chi connectivity index (χ2v) is 7.74. The van der Waals surface area contributed by atoms with Gasteiger partial charge in [0.1, 0.15) is 0 Å². The number of rotatable bonds is 3. The van der Waals surface area contributed by atoms with Gasteiger partial charge in [-0.05, 0) is 31.0 Å².